The van der Waals surface area contributed by atoms with Crippen molar-refractivity contribution < 1.29 is 36.3 Å². The average Bonchev–Trinajstić information content (AvgIpc) is 3.18. The minimum absolute atomic E-state index is 0.0154. The van der Waals surface area contributed by atoms with E-state index in [9.17, 15) is 8.42 Å². The van der Waals surface area contributed by atoms with Crippen LogP contribution >= 0.6 is 0 Å². The quantitative estimate of drug-likeness (QED) is 0.160. The Kier molecular flexibility index (Phi) is 9.64. The summed E-state index contributed by atoms with van der Waals surface area (Å²) in [4.78, 5) is 4.63. The van der Waals surface area contributed by atoms with E-state index in [0.29, 0.717) is 41.6 Å². The van der Waals surface area contributed by atoms with Gasteiger partial charge < -0.3 is 27.9 Å². The minimum atomic E-state index is -4.31. The molecule has 4 aliphatic heterocycles. The van der Waals surface area contributed by atoms with Gasteiger partial charge in [0.05, 0.1) is 21.3 Å². The zero-order valence-corrected chi connectivity index (χ0v) is 31.9. The first-order valence-electron chi connectivity index (χ1n) is 18.1. The van der Waals surface area contributed by atoms with E-state index >= 15 is 0 Å². The number of hydrogen-bond acceptors (Lipinski definition) is 10. The van der Waals surface area contributed by atoms with Crippen molar-refractivity contribution in [1.82, 2.24) is 9.80 Å². The third-order valence-electron chi connectivity index (χ3n) is 10.9. The lowest BCUT2D eigenvalue weighted by Gasteiger charge is -2.37. The average molecular weight is 749 g/mol. The molecular weight excluding hydrogens is 705 g/mol. The van der Waals surface area contributed by atoms with Crippen molar-refractivity contribution in [3.63, 3.8) is 0 Å². The van der Waals surface area contributed by atoms with Crippen molar-refractivity contribution in [2.24, 2.45) is 0 Å². The first-order chi connectivity index (χ1) is 26.1. The van der Waals surface area contributed by atoms with Gasteiger partial charge in [-0.25, -0.2) is 0 Å². The van der Waals surface area contributed by atoms with Crippen LogP contribution in [0.3, 0.4) is 0 Å². The van der Waals surface area contributed by atoms with Crippen LogP contribution < -0.4 is 27.9 Å². The molecule has 9 rings (SSSR count). The Hall–Kier alpha value is -5.23. The highest BCUT2D eigenvalue weighted by atomic mass is 32.2. The minimum Gasteiger partial charge on any atom is -0.493 e. The van der Waals surface area contributed by atoms with Crippen molar-refractivity contribution in [3.8, 4) is 46.0 Å². The molecule has 6 bridgehead atoms. The third-order valence-corrected chi connectivity index (χ3v) is 12.1. The number of ether oxygens (including phenoxy) is 5. The second kappa shape index (κ2) is 14.5. The van der Waals surface area contributed by atoms with E-state index in [2.05, 4.69) is 42.1 Å². The number of likely N-dealkylation sites (N-methyl/N-ethyl adjacent to an activating group) is 2. The number of benzene rings is 5. The lowest BCUT2D eigenvalue weighted by molar-refractivity contribution is 0.221. The standard InChI is InChI=1S/C43H44N2O8S/c1-44-19-17-29-24-37(49-4)39-26-33(29)34(44)21-27-11-14-31(15-12-27)51-38-23-28(13-16-36(38)48-3)22-35-41-30(18-20-45(35)2)25-40(50-5)42(43(41)52-39)53-54(46,47)32-9-7-6-8-10-32/h6-16,23-26,34-35H,17-22H2,1-5H3/t34-,35-/m0/s1. The molecule has 0 fully saturated rings. The Morgan fingerprint density at radius 3 is 2.00 bits per heavy atom. The SMILES string of the molecule is COc1ccc2cc1Oc1ccc(cc1)C[C@H]1c3cc(c(OC)cc3CCN1C)Oc1c(OS(=O)(=O)c3ccccc3)c(OC)cc3c1[C@H](C2)N(C)CC3. The van der Waals surface area contributed by atoms with Gasteiger partial charge in [-0.15, -0.1) is 0 Å². The Bertz CT molecular complexity index is 2300. The zero-order valence-electron chi connectivity index (χ0n) is 31.1. The number of fused-ring (bicyclic) bond motifs is 2. The topological polar surface area (TPSA) is 96.0 Å². The van der Waals surface area contributed by atoms with Crippen molar-refractivity contribution in [2.75, 3.05) is 48.5 Å². The molecule has 0 spiro atoms. The molecule has 4 heterocycles. The molecule has 2 atom stereocenters. The van der Waals surface area contributed by atoms with Crippen molar-refractivity contribution >= 4 is 10.1 Å². The second-order valence-corrected chi connectivity index (χ2v) is 15.6. The van der Waals surface area contributed by atoms with E-state index in [1.165, 1.54) is 24.8 Å². The number of methoxy groups -OCH3 is 3. The maximum atomic E-state index is 14.0. The number of hydrogen-bond donors (Lipinski definition) is 0. The van der Waals surface area contributed by atoms with Crippen molar-refractivity contribution in [2.45, 2.75) is 42.7 Å². The van der Waals surface area contributed by atoms with Gasteiger partial charge in [0.2, 0.25) is 5.75 Å². The molecule has 0 N–H and O–H groups in total. The number of nitrogens with zero attached hydrogens (tertiary/aromatic N) is 2. The van der Waals surface area contributed by atoms with Crippen LogP contribution in [0.25, 0.3) is 0 Å². The molecule has 10 nitrogen and oxygen atoms in total. The zero-order chi connectivity index (χ0) is 37.6. The van der Waals surface area contributed by atoms with Gasteiger partial charge in [0.1, 0.15) is 10.6 Å². The predicted octanol–water partition coefficient (Wildman–Crippen LogP) is 7.92. The maximum absolute atomic E-state index is 14.0. The molecule has 54 heavy (non-hydrogen) atoms. The van der Waals surface area contributed by atoms with Gasteiger partial charge in [0.25, 0.3) is 0 Å². The van der Waals surface area contributed by atoms with E-state index in [4.69, 9.17) is 27.9 Å². The van der Waals surface area contributed by atoms with E-state index in [-0.39, 0.29) is 34.2 Å². The molecule has 0 saturated carbocycles. The summed E-state index contributed by atoms with van der Waals surface area (Å²) in [6, 6.07) is 28.0. The highest BCUT2D eigenvalue weighted by Crippen LogP contribution is 2.52. The Morgan fingerprint density at radius 1 is 0.648 bits per heavy atom. The molecule has 4 aliphatic rings. The Labute approximate surface area is 316 Å². The molecule has 5 aromatic rings. The number of rotatable bonds is 6. The summed E-state index contributed by atoms with van der Waals surface area (Å²) in [7, 11) is 4.66. The van der Waals surface area contributed by atoms with Gasteiger partial charge in [-0.2, -0.15) is 8.42 Å². The van der Waals surface area contributed by atoms with Crippen LogP contribution in [-0.2, 0) is 35.8 Å². The lowest BCUT2D eigenvalue weighted by Crippen LogP contribution is -2.34. The molecule has 280 valence electrons. The predicted molar refractivity (Wildman–Crippen MR) is 205 cm³/mol. The fraction of sp³-hybridized carbons (Fsp3) is 0.302. The summed E-state index contributed by atoms with van der Waals surface area (Å²) >= 11 is 0. The van der Waals surface area contributed by atoms with Crippen LogP contribution in [0.4, 0.5) is 0 Å². The summed E-state index contributed by atoms with van der Waals surface area (Å²) in [6.07, 6.45) is 2.82. The van der Waals surface area contributed by atoms with Gasteiger partial charge in [-0.3, -0.25) is 9.80 Å². The smallest absolute Gasteiger partial charge is 0.339 e. The van der Waals surface area contributed by atoms with E-state index in [1.54, 1.807) is 32.4 Å². The molecular formula is C43H44N2O8S. The summed E-state index contributed by atoms with van der Waals surface area (Å²) in [6.45, 7) is 1.63. The second-order valence-electron chi connectivity index (χ2n) is 14.1. The normalized spacial score (nSPS) is 18.3. The summed E-state index contributed by atoms with van der Waals surface area (Å²) in [5.41, 5.74) is 6.22. The molecule has 0 amide bonds. The molecule has 5 aromatic carbocycles. The monoisotopic (exact) mass is 748 g/mol. The highest BCUT2D eigenvalue weighted by molar-refractivity contribution is 7.87. The third kappa shape index (κ3) is 6.72. The molecule has 11 heteroatoms. The summed E-state index contributed by atoms with van der Waals surface area (Å²) < 4.78 is 65.1. The van der Waals surface area contributed by atoms with Crippen LogP contribution in [0.2, 0.25) is 0 Å². The lowest BCUT2D eigenvalue weighted by atomic mass is 9.87. The molecule has 0 saturated heterocycles. The van der Waals surface area contributed by atoms with Crippen LogP contribution in [0.15, 0.2) is 95.9 Å². The first kappa shape index (κ1) is 35.8. The van der Waals surface area contributed by atoms with Gasteiger partial charge in [-0.1, -0.05) is 36.4 Å². The van der Waals surface area contributed by atoms with Crippen LogP contribution in [0.1, 0.15) is 45.5 Å². The van der Waals surface area contributed by atoms with E-state index in [1.807, 2.05) is 42.5 Å². The maximum Gasteiger partial charge on any atom is 0.339 e. The summed E-state index contributed by atoms with van der Waals surface area (Å²) in [5.74, 6) is 3.42. The summed E-state index contributed by atoms with van der Waals surface area (Å²) in [5, 5.41) is 0. The molecule has 0 aliphatic carbocycles. The van der Waals surface area contributed by atoms with E-state index in [0.717, 1.165) is 53.7 Å². The van der Waals surface area contributed by atoms with Crippen molar-refractivity contribution in [1.29, 1.82) is 0 Å². The molecule has 0 aromatic heterocycles. The van der Waals surface area contributed by atoms with Gasteiger partial charge in [-0.05, 0) is 122 Å². The van der Waals surface area contributed by atoms with E-state index < -0.39 is 10.1 Å². The van der Waals surface area contributed by atoms with Gasteiger partial charge in [0.15, 0.2) is 34.5 Å². The largest absolute Gasteiger partial charge is 0.493 e. The van der Waals surface area contributed by atoms with Gasteiger partial charge >= 0.3 is 10.1 Å². The Morgan fingerprint density at radius 2 is 1.28 bits per heavy atom. The highest BCUT2D eigenvalue weighted by Gasteiger charge is 2.36. The first-order valence-corrected chi connectivity index (χ1v) is 19.5. The molecule has 0 unspecified atom stereocenters. The molecule has 0 radical (unpaired) electrons. The van der Waals surface area contributed by atoms with Crippen molar-refractivity contribution in [3.05, 3.63) is 124 Å². The Balaban J connectivity index is 1.38. The van der Waals surface area contributed by atoms with Crippen LogP contribution in [-0.4, -0.2) is 66.7 Å². The van der Waals surface area contributed by atoms with Crippen LogP contribution in [0.5, 0.6) is 46.0 Å². The fourth-order valence-electron chi connectivity index (χ4n) is 7.91. The fourth-order valence-corrected chi connectivity index (χ4v) is 8.87. The van der Waals surface area contributed by atoms with Gasteiger partial charge in [0, 0.05) is 30.7 Å². The van der Waals surface area contributed by atoms with Crippen LogP contribution in [0, 0.1) is 0 Å².